The molecule has 1 aliphatic rings. The molecule has 2 N–H and O–H groups in total. The van der Waals surface area contributed by atoms with Gasteiger partial charge in [-0.3, -0.25) is 14.4 Å². The van der Waals surface area contributed by atoms with Crippen LogP contribution in [-0.4, -0.2) is 35.0 Å². The second kappa shape index (κ2) is 7.61. The SMILES string of the molecule is CC(C(=O)O)C(=O)O.CN1Cc2ccccc2C(=O)c2ccccc21. The normalized spacial score (nSPS) is 12.4. The third kappa shape index (κ3) is 4.03. The quantitative estimate of drug-likeness (QED) is 0.816. The van der Waals surface area contributed by atoms with Crippen LogP contribution in [0.5, 0.6) is 0 Å². The predicted molar refractivity (Wildman–Crippen MR) is 92.9 cm³/mol. The number of carboxylic acid groups (broad SMARTS) is 2. The lowest BCUT2D eigenvalue weighted by Crippen LogP contribution is -2.19. The van der Waals surface area contributed by atoms with Crippen LogP contribution >= 0.6 is 0 Å². The molecule has 1 aliphatic heterocycles. The Morgan fingerprint density at radius 1 is 0.960 bits per heavy atom. The van der Waals surface area contributed by atoms with Crippen molar-refractivity contribution in [3.8, 4) is 0 Å². The van der Waals surface area contributed by atoms with Gasteiger partial charge in [-0.2, -0.15) is 0 Å². The molecule has 0 atom stereocenters. The van der Waals surface area contributed by atoms with E-state index in [-0.39, 0.29) is 5.78 Å². The zero-order valence-corrected chi connectivity index (χ0v) is 14.0. The fourth-order valence-corrected chi connectivity index (χ4v) is 2.47. The Bertz CT molecular complexity index is 801. The average Bonchev–Trinajstić information content (AvgIpc) is 2.71. The number of ketones is 1. The summed E-state index contributed by atoms with van der Waals surface area (Å²) in [5, 5.41) is 15.9. The zero-order valence-electron chi connectivity index (χ0n) is 14.0. The molecule has 0 spiro atoms. The highest BCUT2D eigenvalue weighted by Gasteiger charge is 2.22. The van der Waals surface area contributed by atoms with Crippen LogP contribution in [0, 0.1) is 5.92 Å². The number of carbonyl (C=O) groups is 3. The number of nitrogens with zero attached hydrogens (tertiary/aromatic N) is 1. The van der Waals surface area contributed by atoms with E-state index in [2.05, 4.69) is 4.90 Å². The minimum atomic E-state index is -1.31. The van der Waals surface area contributed by atoms with Crippen molar-refractivity contribution < 1.29 is 24.6 Å². The second-order valence-corrected chi connectivity index (χ2v) is 5.76. The minimum Gasteiger partial charge on any atom is -0.481 e. The highest BCUT2D eigenvalue weighted by Crippen LogP contribution is 2.29. The number of rotatable bonds is 2. The van der Waals surface area contributed by atoms with Gasteiger partial charge in [-0.05, 0) is 24.6 Å². The van der Waals surface area contributed by atoms with Crippen LogP contribution in [0.3, 0.4) is 0 Å². The van der Waals surface area contributed by atoms with Gasteiger partial charge >= 0.3 is 11.9 Å². The van der Waals surface area contributed by atoms with Crippen LogP contribution in [0.15, 0.2) is 48.5 Å². The molecule has 0 saturated heterocycles. The first kappa shape index (κ1) is 18.2. The summed E-state index contributed by atoms with van der Waals surface area (Å²) in [5.74, 6) is -3.79. The smallest absolute Gasteiger partial charge is 0.317 e. The lowest BCUT2D eigenvalue weighted by atomic mass is 9.99. The maximum Gasteiger partial charge on any atom is 0.317 e. The van der Waals surface area contributed by atoms with Crippen molar-refractivity contribution in [3.63, 3.8) is 0 Å². The van der Waals surface area contributed by atoms with E-state index in [1.54, 1.807) is 0 Å². The number of anilines is 1. The Kier molecular flexibility index (Phi) is 5.54. The van der Waals surface area contributed by atoms with Crippen molar-refractivity contribution in [2.75, 3.05) is 11.9 Å². The molecule has 0 radical (unpaired) electrons. The predicted octanol–water partition coefficient (Wildman–Crippen LogP) is 2.66. The summed E-state index contributed by atoms with van der Waals surface area (Å²) in [6.45, 7) is 1.89. The number of hydrogen-bond acceptors (Lipinski definition) is 4. The Labute approximate surface area is 145 Å². The van der Waals surface area contributed by atoms with E-state index in [1.807, 2.05) is 55.6 Å². The maximum atomic E-state index is 12.4. The highest BCUT2D eigenvalue weighted by atomic mass is 16.4. The van der Waals surface area contributed by atoms with Gasteiger partial charge in [-0.25, -0.2) is 0 Å². The van der Waals surface area contributed by atoms with Gasteiger partial charge in [0.1, 0.15) is 0 Å². The molecule has 1 heterocycles. The summed E-state index contributed by atoms with van der Waals surface area (Å²) in [6.07, 6.45) is 0. The van der Waals surface area contributed by atoms with Crippen molar-refractivity contribution >= 4 is 23.4 Å². The third-order valence-corrected chi connectivity index (χ3v) is 3.97. The Morgan fingerprint density at radius 3 is 2.04 bits per heavy atom. The van der Waals surface area contributed by atoms with Crippen LogP contribution in [-0.2, 0) is 16.1 Å². The standard InChI is InChI=1S/C15H13NO.C4H6O4/c1-16-10-11-6-2-3-7-12(11)15(17)13-8-4-5-9-14(13)16;1-2(3(5)6)4(7)8/h2-9H,10H2,1H3;2H,1H3,(H,5,6)(H,7,8). The Morgan fingerprint density at radius 2 is 1.48 bits per heavy atom. The number of hydrogen-bond donors (Lipinski definition) is 2. The largest absolute Gasteiger partial charge is 0.481 e. The first-order valence-electron chi connectivity index (χ1n) is 7.71. The van der Waals surface area contributed by atoms with Crippen LogP contribution in [0.1, 0.15) is 28.4 Å². The van der Waals surface area contributed by atoms with Gasteiger partial charge in [0.25, 0.3) is 0 Å². The molecule has 3 rings (SSSR count). The molecule has 130 valence electrons. The first-order valence-corrected chi connectivity index (χ1v) is 7.71. The van der Waals surface area contributed by atoms with E-state index in [1.165, 1.54) is 0 Å². The topological polar surface area (TPSA) is 94.9 Å². The van der Waals surface area contributed by atoms with Gasteiger partial charge < -0.3 is 15.1 Å². The molecule has 2 aromatic carbocycles. The van der Waals surface area contributed by atoms with Crippen molar-refractivity contribution in [2.45, 2.75) is 13.5 Å². The number of aliphatic carboxylic acids is 2. The molecule has 0 bridgehead atoms. The molecule has 2 aromatic rings. The molecule has 0 unspecified atom stereocenters. The lowest BCUT2D eigenvalue weighted by Gasteiger charge is -2.18. The van der Waals surface area contributed by atoms with E-state index in [4.69, 9.17) is 10.2 Å². The molecule has 0 amide bonds. The van der Waals surface area contributed by atoms with Crippen LogP contribution < -0.4 is 4.90 Å². The third-order valence-electron chi connectivity index (χ3n) is 3.97. The first-order chi connectivity index (χ1) is 11.8. The molecular formula is C19H19NO5. The van der Waals surface area contributed by atoms with E-state index >= 15 is 0 Å². The number of benzene rings is 2. The van der Waals surface area contributed by atoms with Crippen molar-refractivity contribution in [2.24, 2.45) is 5.92 Å². The summed E-state index contributed by atoms with van der Waals surface area (Å²) in [7, 11) is 2.02. The second-order valence-electron chi connectivity index (χ2n) is 5.76. The van der Waals surface area contributed by atoms with E-state index in [9.17, 15) is 14.4 Å². The molecule has 0 aliphatic carbocycles. The van der Waals surface area contributed by atoms with Crippen molar-refractivity contribution in [1.82, 2.24) is 0 Å². The summed E-state index contributed by atoms with van der Waals surface area (Å²) >= 11 is 0. The monoisotopic (exact) mass is 341 g/mol. The number of carboxylic acids is 2. The van der Waals surface area contributed by atoms with Gasteiger partial charge in [-0.15, -0.1) is 0 Å². The van der Waals surface area contributed by atoms with E-state index in [0.29, 0.717) is 0 Å². The number of para-hydroxylation sites is 1. The zero-order chi connectivity index (χ0) is 18.6. The maximum absolute atomic E-state index is 12.4. The molecule has 0 saturated carbocycles. The van der Waals surface area contributed by atoms with Gasteiger partial charge in [-0.1, -0.05) is 36.4 Å². The molecule has 25 heavy (non-hydrogen) atoms. The fourth-order valence-electron chi connectivity index (χ4n) is 2.47. The van der Waals surface area contributed by atoms with E-state index in [0.717, 1.165) is 35.8 Å². The molecule has 6 heteroatoms. The number of fused-ring (bicyclic) bond motifs is 2. The van der Waals surface area contributed by atoms with Gasteiger partial charge in [0.05, 0.1) is 0 Å². The summed E-state index contributed by atoms with van der Waals surface area (Å²) in [5.41, 5.74) is 3.72. The molecule has 6 nitrogen and oxygen atoms in total. The van der Waals surface area contributed by atoms with Crippen LogP contribution in [0.2, 0.25) is 0 Å². The van der Waals surface area contributed by atoms with Crippen molar-refractivity contribution in [1.29, 1.82) is 0 Å². The van der Waals surface area contributed by atoms with Crippen LogP contribution in [0.4, 0.5) is 5.69 Å². The lowest BCUT2D eigenvalue weighted by molar-refractivity contribution is -0.153. The summed E-state index contributed by atoms with van der Waals surface area (Å²) < 4.78 is 0. The van der Waals surface area contributed by atoms with Crippen LogP contribution in [0.25, 0.3) is 0 Å². The molecule has 0 aromatic heterocycles. The highest BCUT2D eigenvalue weighted by molar-refractivity contribution is 6.13. The Balaban J connectivity index is 0.000000242. The van der Waals surface area contributed by atoms with Gasteiger partial charge in [0.15, 0.2) is 11.7 Å². The Hall–Kier alpha value is -3.15. The average molecular weight is 341 g/mol. The fraction of sp³-hybridized carbons (Fsp3) is 0.211. The minimum absolute atomic E-state index is 0.126. The van der Waals surface area contributed by atoms with Gasteiger partial charge in [0, 0.05) is 30.4 Å². The van der Waals surface area contributed by atoms with Gasteiger partial charge in [0.2, 0.25) is 0 Å². The summed E-state index contributed by atoms with van der Waals surface area (Å²) in [4.78, 5) is 34.1. The molecule has 0 fully saturated rings. The summed E-state index contributed by atoms with van der Waals surface area (Å²) in [6, 6.07) is 15.6. The van der Waals surface area contributed by atoms with E-state index < -0.39 is 17.9 Å². The number of carbonyl (C=O) groups excluding carboxylic acids is 1. The van der Waals surface area contributed by atoms with Crippen molar-refractivity contribution in [3.05, 3.63) is 65.2 Å². The molecular weight excluding hydrogens is 322 g/mol.